The molecule has 0 amide bonds. The van der Waals surface area contributed by atoms with E-state index in [9.17, 15) is 14.4 Å². The van der Waals surface area contributed by atoms with E-state index in [-0.39, 0.29) is 12.2 Å². The largest absolute Gasteiger partial charge is 0.478 e. The predicted molar refractivity (Wildman–Crippen MR) is 68.5 cm³/mol. The first kappa shape index (κ1) is 19.2. The Morgan fingerprint density at radius 2 is 1.53 bits per heavy atom. The molecule has 0 spiro atoms. The molecule has 0 aromatic carbocycles. The van der Waals surface area contributed by atoms with Gasteiger partial charge >= 0.3 is 17.9 Å². The number of esters is 1. The summed E-state index contributed by atoms with van der Waals surface area (Å²) in [6.07, 6.45) is 0.921. The first-order chi connectivity index (χ1) is 8.57. The second kappa shape index (κ2) is 9.84. The average molecular weight is 273 g/mol. The summed E-state index contributed by atoms with van der Waals surface area (Å²) in [6.45, 7) is 6.91. The van der Waals surface area contributed by atoms with Crippen molar-refractivity contribution in [2.24, 2.45) is 0 Å². The summed E-state index contributed by atoms with van der Waals surface area (Å²) in [6, 6.07) is 0. The summed E-state index contributed by atoms with van der Waals surface area (Å²) in [5.74, 6) is -2.86. The van der Waals surface area contributed by atoms with Gasteiger partial charge in [-0.3, -0.25) is 4.90 Å². The van der Waals surface area contributed by atoms with Gasteiger partial charge in [0.05, 0.1) is 0 Å². The van der Waals surface area contributed by atoms with Crippen LogP contribution in [0.25, 0.3) is 0 Å². The van der Waals surface area contributed by atoms with Crippen molar-refractivity contribution in [3.8, 4) is 0 Å². The summed E-state index contributed by atoms with van der Waals surface area (Å²) in [5.41, 5.74) is 0.429. The topological polar surface area (TPSA) is 104 Å². The van der Waals surface area contributed by atoms with E-state index in [2.05, 4.69) is 6.58 Å². The third-order valence-corrected chi connectivity index (χ3v) is 1.72. The van der Waals surface area contributed by atoms with E-state index in [0.29, 0.717) is 17.7 Å². The van der Waals surface area contributed by atoms with Gasteiger partial charge in [-0.2, -0.15) is 0 Å². The van der Waals surface area contributed by atoms with Crippen molar-refractivity contribution in [1.29, 1.82) is 0 Å². The number of carbonyl (C=O) groups is 3. The summed E-state index contributed by atoms with van der Waals surface area (Å²) < 4.78 is 4.96. The molecule has 0 fully saturated rings. The first-order valence-corrected chi connectivity index (χ1v) is 5.24. The van der Waals surface area contributed by atoms with Crippen LogP contribution in [0.3, 0.4) is 0 Å². The molecule has 108 valence electrons. The maximum atomic E-state index is 10.9. The standard InChI is InChI=1S/C8H15NO2.C4H4O4/c1-6(2)8(10)11-7(3)9(4)5;5-3(6)1-2-4(7)8/h7H,1H2,2-5H3;1-2H,(H,5,6)(H,7,8)/b;2-1-. The van der Waals surface area contributed by atoms with Gasteiger partial charge in [0.2, 0.25) is 0 Å². The predicted octanol–water partition coefficient (Wildman–Crippen LogP) is 0.725. The van der Waals surface area contributed by atoms with Gasteiger partial charge < -0.3 is 14.9 Å². The van der Waals surface area contributed by atoms with E-state index >= 15 is 0 Å². The van der Waals surface area contributed by atoms with E-state index in [1.807, 2.05) is 14.1 Å². The van der Waals surface area contributed by atoms with Crippen molar-refractivity contribution >= 4 is 17.9 Å². The van der Waals surface area contributed by atoms with Crippen LogP contribution in [0.5, 0.6) is 0 Å². The Morgan fingerprint density at radius 3 is 1.74 bits per heavy atom. The van der Waals surface area contributed by atoms with Crippen molar-refractivity contribution < 1.29 is 29.3 Å². The highest BCUT2D eigenvalue weighted by atomic mass is 16.6. The number of carbonyl (C=O) groups excluding carboxylic acids is 1. The number of nitrogens with zero attached hydrogens (tertiary/aromatic N) is 1. The monoisotopic (exact) mass is 273 g/mol. The minimum atomic E-state index is -1.26. The van der Waals surface area contributed by atoms with Gasteiger partial charge in [-0.25, -0.2) is 14.4 Å². The lowest BCUT2D eigenvalue weighted by atomic mass is 10.4. The van der Waals surface area contributed by atoms with Gasteiger partial charge in [0.25, 0.3) is 0 Å². The SMILES string of the molecule is C=C(C)C(=O)OC(C)N(C)C.O=C(O)/C=C\C(=O)O. The number of ether oxygens (including phenoxy) is 1. The van der Waals surface area contributed by atoms with E-state index in [1.54, 1.807) is 18.7 Å². The van der Waals surface area contributed by atoms with Gasteiger partial charge in [-0.1, -0.05) is 6.58 Å². The fourth-order valence-electron chi connectivity index (χ4n) is 0.503. The Balaban J connectivity index is 0. The van der Waals surface area contributed by atoms with Crippen molar-refractivity contribution in [2.75, 3.05) is 14.1 Å². The van der Waals surface area contributed by atoms with E-state index in [0.717, 1.165) is 0 Å². The van der Waals surface area contributed by atoms with E-state index in [4.69, 9.17) is 14.9 Å². The number of hydrogen-bond donors (Lipinski definition) is 2. The molecule has 0 rings (SSSR count). The summed E-state index contributed by atoms with van der Waals surface area (Å²) in [7, 11) is 3.69. The van der Waals surface area contributed by atoms with Gasteiger partial charge in [0.1, 0.15) is 0 Å². The Hall–Kier alpha value is -2.15. The van der Waals surface area contributed by atoms with Crippen LogP contribution in [-0.4, -0.2) is 53.3 Å². The molecule has 0 aliphatic rings. The highest BCUT2D eigenvalue weighted by molar-refractivity contribution is 5.89. The van der Waals surface area contributed by atoms with Gasteiger partial charge in [-0.15, -0.1) is 0 Å². The number of hydrogen-bond acceptors (Lipinski definition) is 5. The van der Waals surface area contributed by atoms with Crippen molar-refractivity contribution in [3.05, 3.63) is 24.3 Å². The molecule has 0 aliphatic carbocycles. The normalized spacial score (nSPS) is 11.4. The number of carboxylic acid groups (broad SMARTS) is 2. The highest BCUT2D eigenvalue weighted by Crippen LogP contribution is 1.99. The molecule has 0 saturated carbocycles. The lowest BCUT2D eigenvalue weighted by Gasteiger charge is -2.19. The molecule has 2 N–H and O–H groups in total. The second-order valence-electron chi connectivity index (χ2n) is 3.76. The van der Waals surface area contributed by atoms with E-state index < -0.39 is 11.9 Å². The summed E-state index contributed by atoms with van der Waals surface area (Å²) >= 11 is 0. The molecule has 0 heterocycles. The minimum absolute atomic E-state index is 0.195. The molecule has 0 aromatic heterocycles. The van der Waals surface area contributed by atoms with Crippen LogP contribution >= 0.6 is 0 Å². The molecule has 1 atom stereocenters. The molecule has 0 saturated heterocycles. The van der Waals surface area contributed by atoms with Gasteiger partial charge in [-0.05, 0) is 27.9 Å². The lowest BCUT2D eigenvalue weighted by Crippen LogP contribution is -2.30. The van der Waals surface area contributed by atoms with Crippen molar-refractivity contribution in [1.82, 2.24) is 4.90 Å². The second-order valence-corrected chi connectivity index (χ2v) is 3.76. The fourth-order valence-corrected chi connectivity index (χ4v) is 0.503. The molecule has 7 heteroatoms. The maximum Gasteiger partial charge on any atom is 0.334 e. The fraction of sp³-hybridized carbons (Fsp3) is 0.417. The Kier molecular flexibility index (Phi) is 9.94. The third-order valence-electron chi connectivity index (χ3n) is 1.72. The molecule has 19 heavy (non-hydrogen) atoms. The van der Waals surface area contributed by atoms with E-state index in [1.165, 1.54) is 0 Å². The van der Waals surface area contributed by atoms with Crippen LogP contribution in [0.4, 0.5) is 0 Å². The minimum Gasteiger partial charge on any atom is -0.478 e. The first-order valence-electron chi connectivity index (χ1n) is 5.24. The summed E-state index contributed by atoms with van der Waals surface area (Å²) in [4.78, 5) is 31.8. The summed E-state index contributed by atoms with van der Waals surface area (Å²) in [5, 5.41) is 15.6. The zero-order valence-electron chi connectivity index (χ0n) is 11.4. The van der Waals surface area contributed by atoms with Crippen molar-refractivity contribution in [2.45, 2.75) is 20.1 Å². The number of rotatable bonds is 5. The maximum absolute atomic E-state index is 10.9. The molecular weight excluding hydrogens is 254 g/mol. The molecule has 7 nitrogen and oxygen atoms in total. The molecule has 0 radical (unpaired) electrons. The molecule has 0 aliphatic heterocycles. The van der Waals surface area contributed by atoms with Crippen LogP contribution in [-0.2, 0) is 19.1 Å². The van der Waals surface area contributed by atoms with Gasteiger partial charge in [0.15, 0.2) is 6.23 Å². The lowest BCUT2D eigenvalue weighted by molar-refractivity contribution is -0.150. The molecular formula is C12H19NO6. The molecule has 1 unspecified atom stereocenters. The van der Waals surface area contributed by atoms with Crippen LogP contribution in [0.2, 0.25) is 0 Å². The smallest absolute Gasteiger partial charge is 0.334 e. The Labute approximate surface area is 111 Å². The quantitative estimate of drug-likeness (QED) is 0.432. The van der Waals surface area contributed by atoms with Crippen LogP contribution in [0, 0.1) is 0 Å². The molecule has 0 bridgehead atoms. The Morgan fingerprint density at radius 1 is 1.16 bits per heavy atom. The number of carboxylic acids is 2. The third kappa shape index (κ3) is 13.8. The van der Waals surface area contributed by atoms with Gasteiger partial charge in [0, 0.05) is 17.7 Å². The van der Waals surface area contributed by atoms with Crippen LogP contribution in [0.1, 0.15) is 13.8 Å². The highest BCUT2D eigenvalue weighted by Gasteiger charge is 2.10. The van der Waals surface area contributed by atoms with Crippen molar-refractivity contribution in [3.63, 3.8) is 0 Å². The van der Waals surface area contributed by atoms with Crippen LogP contribution in [0.15, 0.2) is 24.3 Å². The average Bonchev–Trinajstić information content (AvgIpc) is 2.26. The zero-order chi connectivity index (χ0) is 15.6. The zero-order valence-corrected chi connectivity index (χ0v) is 11.4. The number of aliphatic carboxylic acids is 2. The van der Waals surface area contributed by atoms with Crippen LogP contribution < -0.4 is 0 Å². The Bertz CT molecular complexity index is 356. The molecule has 0 aromatic rings.